The first-order valence-corrected chi connectivity index (χ1v) is 47.0. The molecule has 6 fully saturated rings. The minimum Gasteiger partial charge on any atom is -1.00 e. The summed E-state index contributed by atoms with van der Waals surface area (Å²) in [6.07, 6.45) is 20.5. The van der Waals surface area contributed by atoms with Crippen molar-refractivity contribution in [2.75, 3.05) is 11.6 Å². The number of alkyl carbamates (subject to hydrolysis) is 4. The van der Waals surface area contributed by atoms with Crippen LogP contribution in [0.3, 0.4) is 0 Å². The van der Waals surface area contributed by atoms with Gasteiger partial charge >= 0.3 is 53.4 Å². The van der Waals surface area contributed by atoms with Crippen LogP contribution in [0.1, 0.15) is 306 Å². The van der Waals surface area contributed by atoms with Gasteiger partial charge in [0.1, 0.15) is 57.1 Å². The van der Waals surface area contributed by atoms with Gasteiger partial charge in [-0.05, 0) is 260 Å². The van der Waals surface area contributed by atoms with Gasteiger partial charge < -0.3 is 86.0 Å². The van der Waals surface area contributed by atoms with Crippen molar-refractivity contribution in [1.29, 1.82) is 15.8 Å². The zero-order valence-electron chi connectivity index (χ0n) is 79.1. The number of tetrazole rings is 3. The maximum Gasteiger partial charge on any atom is 2.00 e. The van der Waals surface area contributed by atoms with Crippen molar-refractivity contribution in [3.8, 4) is 39.3 Å². The molecule has 5 amide bonds. The number of carbonyl (C=O) groups excluding carboxylic acids is 5. The van der Waals surface area contributed by atoms with Crippen molar-refractivity contribution in [2.24, 2.45) is 29.2 Å². The molecule has 7 aromatic rings. The third kappa shape index (κ3) is 43.9. The van der Waals surface area contributed by atoms with Gasteiger partial charge in [0.2, 0.25) is 26.8 Å². The first-order valence-electron chi connectivity index (χ1n) is 44.0. The Bertz CT molecular complexity index is 4880. The number of carbonyl (C=O) groups is 6. The number of amides is 5. The summed E-state index contributed by atoms with van der Waals surface area (Å²) in [5.74, 6) is 2.81. The van der Waals surface area contributed by atoms with Crippen molar-refractivity contribution in [2.45, 2.75) is 339 Å². The van der Waals surface area contributed by atoms with Crippen LogP contribution in [-0.2, 0) is 38.4 Å². The van der Waals surface area contributed by atoms with E-state index in [0.29, 0.717) is 72.9 Å². The molecule has 0 bridgehead atoms. The first kappa shape index (κ1) is 116. The number of primary amides is 1. The SMILES string of the molecule is CC(C)(C)OC(=O)NC1CCC(C#N)CC1.CC(C)(C)OC(=O)NC1CCC(C(=O)O)CC1.CC(C)(C)OC(=O)NC1CCC(C(N)=O)CC1.CC(C)(C)OC(=O)NC1CCC(c2nn[nH]n2)CC1.CS(=O)(=O)c1nc(-c2cccs2)c(C#N)c(=O)[nH]1.Cl.N#Cc1c(-c2cccs2)nc(NC2CCC(c3nn[nH]n3)CC2)[nH]c1=O.NC1CCC(c2nn[nH]n2)CC1.[2H]CC.[Br-].[CH2-]C.[Mg+2]. The molecule has 47 heteroatoms. The maximum absolute atomic E-state index is 12.3. The standard InChI is InChI=1S/C16H16N8OS.C12H21N5O2.C12H22N2O3.C12H20N2O2.C12H21NO4.C10H7N3O3S2.C7H13N5.C2H6.C2H5.BrH.ClH.Mg/c17-8-11-13(12-2-1-7-26-12)19-16(20-15(11)25)18-10-5-3-9(4-6-10)14-21-23-24-22-14;1-12(2,3)19-11(18)13-9-6-4-8(5-7-9)10-14-16-17-15-10;1-12(2,3)17-11(16)14-9-6-4-8(5-7-9)10(13)15;1-12(2,3)16-11(15)14-10-6-4-9(8-13)5-7-10;1-12(2,3)17-11(16)13-9-6-4-8(5-7-9)10(14)15;1-18(15,16)10-12-8(7-3-2-4-17-7)6(5-11)9(14)13-10;8-6-3-1-5(2-4-6)7-9-11-12-10-7;2*1-2;;;/h1-2,7,9-10H,3-6H2,(H2,18,19,20,25)(H,21,22,23,24);8-9H,4-7H2,1-3H3,(H,13,18)(H,14,15,16,17);8-9H,4-7H2,1-3H3,(H2,13,15)(H,14,16);9-10H,4-7H2,1-3H3,(H,14,15);8-9H,4-7H2,1-3H3,(H,13,16)(H,14,15);2-4H,1H3,(H,12,13,14);5-6H,1-4,8H2,(H,9,10,11,12);1-2H3;1H2,2H3;2*1H;/q;;;;;;;;-1;;;+2/p-1/i;;;;;;;1D;;;;. The van der Waals surface area contributed by atoms with Crippen LogP contribution in [0.15, 0.2) is 49.8 Å². The third-order valence-electron chi connectivity index (χ3n) is 20.6. The number of nitriles is 3. The molecule has 0 spiro atoms. The molecule has 6 aliphatic carbocycles. The van der Waals surface area contributed by atoms with Crippen LogP contribution >= 0.6 is 35.1 Å². The van der Waals surface area contributed by atoms with Crippen molar-refractivity contribution < 1.29 is 79.6 Å². The number of aromatic amines is 5. The second-order valence-corrected chi connectivity index (χ2v) is 39.3. The van der Waals surface area contributed by atoms with Gasteiger partial charge in [-0.25, -0.2) is 37.6 Å². The second-order valence-electron chi connectivity index (χ2n) is 35.4. The van der Waals surface area contributed by atoms with Crippen LogP contribution in [0.2, 0.25) is 0 Å². The molecule has 0 saturated heterocycles. The van der Waals surface area contributed by atoms with E-state index in [4.69, 9.17) is 47.4 Å². The number of nitrogens with two attached hydrogens (primary N) is 2. The fourth-order valence-corrected chi connectivity index (χ4v) is 16.4. The molecule has 6 saturated carbocycles. The molecule has 726 valence electrons. The molecule has 7 heterocycles. The normalized spacial score (nSPS) is 21.4. The summed E-state index contributed by atoms with van der Waals surface area (Å²) in [6.45, 7) is 29.3. The predicted octanol–water partition coefficient (Wildman–Crippen LogP) is 9.95. The molecular weight excluding hydrogens is 1860 g/mol. The van der Waals surface area contributed by atoms with E-state index in [1.165, 1.54) is 22.7 Å². The number of ether oxygens (including phenoxy) is 4. The number of hydrogen-bond donors (Lipinski definition) is 13. The van der Waals surface area contributed by atoms with Crippen molar-refractivity contribution in [3.05, 3.63) is 91.3 Å². The van der Waals surface area contributed by atoms with E-state index in [1.807, 2.05) is 107 Å². The zero-order chi connectivity index (χ0) is 96.5. The van der Waals surface area contributed by atoms with E-state index >= 15 is 0 Å². The van der Waals surface area contributed by atoms with Gasteiger partial charge in [0.05, 0.1) is 21.7 Å². The number of thiophene rings is 2. The number of nitrogens with zero attached hydrogens (tertiary/aromatic N) is 14. The molecule has 0 atom stereocenters. The molecule has 0 aliphatic heterocycles. The van der Waals surface area contributed by atoms with Gasteiger partial charge in [-0.15, -0.1) is 65.7 Å². The fraction of sp³-hybridized carbons (Fsp3) is 0.659. The summed E-state index contributed by atoms with van der Waals surface area (Å²) in [5.41, 5.74) is 8.35. The molecule has 0 unspecified atom stereocenters. The molecule has 7 aromatic heterocycles. The minimum atomic E-state index is -3.64. The number of aromatic nitrogens is 16. The Kier molecular flexibility index (Phi) is 51.4. The Balaban J connectivity index is 0.000000523. The largest absolute Gasteiger partial charge is 2.00 e. The average molecular weight is 2000 g/mol. The molecule has 15 N–H and O–H groups in total. The summed E-state index contributed by atoms with van der Waals surface area (Å²) in [5, 5.41) is 96.0. The average Bonchev–Trinajstić information content (AvgIpc) is 1.76. The van der Waals surface area contributed by atoms with E-state index in [9.17, 15) is 52.0 Å². The van der Waals surface area contributed by atoms with Crippen LogP contribution in [0.25, 0.3) is 21.1 Å². The number of halogens is 2. The predicted molar refractivity (Wildman–Crippen MR) is 497 cm³/mol. The van der Waals surface area contributed by atoms with Crippen LogP contribution < -0.4 is 66.2 Å². The maximum atomic E-state index is 12.3. The van der Waals surface area contributed by atoms with Crippen molar-refractivity contribution in [1.82, 2.24) is 103 Å². The van der Waals surface area contributed by atoms with E-state index < -0.39 is 60.6 Å². The summed E-state index contributed by atoms with van der Waals surface area (Å²) in [6, 6.07) is 14.1. The molecule has 13 rings (SSSR count). The summed E-state index contributed by atoms with van der Waals surface area (Å²) < 4.78 is 49.7. The van der Waals surface area contributed by atoms with E-state index in [0.717, 1.165) is 157 Å². The molecule has 0 radical (unpaired) electrons. The number of rotatable bonds is 14. The molecule has 41 nitrogen and oxygen atoms in total. The number of anilines is 1. The van der Waals surface area contributed by atoms with Crippen molar-refractivity contribution >= 4 is 110 Å². The van der Waals surface area contributed by atoms with E-state index in [-0.39, 0.29) is 141 Å². The number of sulfone groups is 1. The van der Waals surface area contributed by atoms with Gasteiger partial charge in [0.15, 0.2) is 17.5 Å². The second kappa shape index (κ2) is 58.3. The number of nitrogens with one attached hydrogen (secondary N) is 10. The number of aliphatic carboxylic acids is 1. The summed E-state index contributed by atoms with van der Waals surface area (Å²) >= 11 is 2.72. The van der Waals surface area contributed by atoms with Crippen LogP contribution in [0.4, 0.5) is 25.1 Å². The first-order chi connectivity index (χ1) is 61.3. The number of carboxylic acid groups (broad SMARTS) is 1. The van der Waals surface area contributed by atoms with Gasteiger partial charge in [-0.3, -0.25) is 29.1 Å². The number of carboxylic acids is 1. The zero-order valence-corrected chi connectivity index (χ0v) is 84.3. The monoisotopic (exact) mass is 1990 g/mol. The Labute approximate surface area is 813 Å². The number of H-pyrrole nitrogens is 5. The molecule has 0 aromatic carbocycles. The van der Waals surface area contributed by atoms with Gasteiger partial charge in [-0.1, -0.05) is 41.6 Å². The van der Waals surface area contributed by atoms with Gasteiger partial charge in [0, 0.05) is 73.5 Å². The molecular formula is C85H132BrClMgN26O15S3. The van der Waals surface area contributed by atoms with E-state index in [2.05, 4.69) is 121 Å². The van der Waals surface area contributed by atoms with Crippen LogP contribution in [-0.4, -0.2) is 220 Å². The van der Waals surface area contributed by atoms with Crippen LogP contribution in [0.5, 0.6) is 0 Å². The number of hydrogen-bond acceptors (Lipinski definition) is 32. The molecule has 132 heavy (non-hydrogen) atoms. The quantitative estimate of drug-likeness (QED) is 0.0208. The summed E-state index contributed by atoms with van der Waals surface area (Å²) in [4.78, 5) is 106. The van der Waals surface area contributed by atoms with Gasteiger partial charge in [-0.2, -0.15) is 38.3 Å². The summed E-state index contributed by atoms with van der Waals surface area (Å²) in [7, 11) is -3.64. The minimum absolute atomic E-state index is 0. The smallest absolute Gasteiger partial charge is 1.00 e. The Morgan fingerprint density at radius 2 is 0.833 bits per heavy atom. The van der Waals surface area contributed by atoms with Gasteiger partial charge in [0.25, 0.3) is 11.1 Å². The Hall–Kier alpha value is -9.89. The molecule has 6 aliphatic rings. The van der Waals surface area contributed by atoms with Crippen LogP contribution in [0, 0.1) is 58.7 Å². The van der Waals surface area contributed by atoms with Crippen molar-refractivity contribution in [3.63, 3.8) is 0 Å². The third-order valence-corrected chi connectivity index (χ3v) is 23.3. The van der Waals surface area contributed by atoms with E-state index in [1.54, 1.807) is 37.4 Å². The Morgan fingerprint density at radius 1 is 0.523 bits per heavy atom. The topological polar surface area (TPSA) is 632 Å². The fourth-order valence-electron chi connectivity index (χ4n) is 14.4. The Morgan fingerprint density at radius 3 is 1.12 bits per heavy atom.